The van der Waals surface area contributed by atoms with Crippen LogP contribution in [0, 0.1) is 16.7 Å². The fraction of sp³-hybridized carbons (Fsp3) is 0.722. The minimum absolute atomic E-state index is 0.00258. The van der Waals surface area contributed by atoms with Crippen LogP contribution in [0.5, 0.6) is 0 Å². The van der Waals surface area contributed by atoms with Crippen molar-refractivity contribution in [3.63, 3.8) is 0 Å². The van der Waals surface area contributed by atoms with Crippen molar-refractivity contribution in [3.8, 4) is 0 Å². The molecular formula is C18H24N2O2S. The number of nitrogens with one attached hydrogen (secondary N) is 1. The Bertz CT molecular complexity index is 739. The van der Waals surface area contributed by atoms with Gasteiger partial charge in [0.1, 0.15) is 5.78 Å². The standard InChI is InChI=1S/C18H24N2O2S/c1-17(2)11-8-9-18(17,3)14(13(11)21)23-16-19-12-7-5-4-6-10(12)15(22)20-16/h11,14H,4-9H2,1-3H3,(H,19,20,22)/t11-,14+,18+/m0/s1. The highest BCUT2D eigenvalue weighted by atomic mass is 32.2. The molecule has 0 saturated heterocycles. The summed E-state index contributed by atoms with van der Waals surface area (Å²) in [5.41, 5.74) is 1.83. The third-order valence-corrected chi connectivity index (χ3v) is 8.28. The van der Waals surface area contributed by atoms with Gasteiger partial charge in [-0.3, -0.25) is 9.59 Å². The molecule has 3 aliphatic rings. The molecule has 5 heteroatoms. The van der Waals surface area contributed by atoms with E-state index in [9.17, 15) is 9.59 Å². The van der Waals surface area contributed by atoms with E-state index < -0.39 is 0 Å². The van der Waals surface area contributed by atoms with Crippen molar-refractivity contribution in [3.05, 3.63) is 21.6 Å². The fourth-order valence-corrected chi connectivity index (χ4v) is 6.42. The Morgan fingerprint density at radius 1 is 1.17 bits per heavy atom. The second-order valence-corrected chi connectivity index (χ2v) is 9.23. The largest absolute Gasteiger partial charge is 0.301 e. The highest BCUT2D eigenvalue weighted by Gasteiger charge is 2.66. The van der Waals surface area contributed by atoms with Crippen LogP contribution in [0.4, 0.5) is 0 Å². The average molecular weight is 332 g/mol. The van der Waals surface area contributed by atoms with Crippen LogP contribution in [0.3, 0.4) is 0 Å². The first-order chi connectivity index (χ1) is 10.8. The summed E-state index contributed by atoms with van der Waals surface area (Å²) in [5, 5.41) is 0.555. The Hall–Kier alpha value is -1.10. The molecule has 2 bridgehead atoms. The summed E-state index contributed by atoms with van der Waals surface area (Å²) in [6.45, 7) is 6.70. The molecule has 1 N–H and O–H groups in total. The molecule has 2 fully saturated rings. The molecule has 2 saturated carbocycles. The lowest BCUT2D eigenvalue weighted by atomic mass is 9.71. The van der Waals surface area contributed by atoms with Crippen molar-refractivity contribution in [1.29, 1.82) is 0 Å². The van der Waals surface area contributed by atoms with Crippen molar-refractivity contribution < 1.29 is 4.79 Å². The minimum atomic E-state index is -0.0824. The molecule has 4 rings (SSSR count). The van der Waals surface area contributed by atoms with Crippen LogP contribution in [0.15, 0.2) is 9.95 Å². The first-order valence-corrected chi connectivity index (χ1v) is 9.55. The maximum Gasteiger partial charge on any atom is 0.254 e. The van der Waals surface area contributed by atoms with E-state index in [0.29, 0.717) is 10.9 Å². The molecule has 4 nitrogen and oxygen atoms in total. The number of thioether (sulfide) groups is 1. The van der Waals surface area contributed by atoms with Crippen LogP contribution >= 0.6 is 11.8 Å². The predicted octanol–water partition coefficient (Wildman–Crippen LogP) is 3.13. The first kappa shape index (κ1) is 15.4. The summed E-state index contributed by atoms with van der Waals surface area (Å²) in [7, 11) is 0. The van der Waals surface area contributed by atoms with Gasteiger partial charge in [-0.2, -0.15) is 0 Å². The van der Waals surface area contributed by atoms with E-state index >= 15 is 0 Å². The maximum atomic E-state index is 12.8. The van der Waals surface area contributed by atoms with Gasteiger partial charge in [0.25, 0.3) is 5.56 Å². The molecule has 1 aromatic heterocycles. The first-order valence-electron chi connectivity index (χ1n) is 8.67. The molecule has 3 aliphatic carbocycles. The number of nitrogens with zero attached hydrogens (tertiary/aromatic N) is 1. The normalized spacial score (nSPS) is 34.7. The third-order valence-electron chi connectivity index (χ3n) is 6.88. The lowest BCUT2D eigenvalue weighted by Gasteiger charge is -2.37. The third kappa shape index (κ3) is 2.01. The van der Waals surface area contributed by atoms with Crippen molar-refractivity contribution >= 4 is 17.5 Å². The van der Waals surface area contributed by atoms with Gasteiger partial charge in [-0.05, 0) is 49.4 Å². The van der Waals surface area contributed by atoms with E-state index in [1.807, 2.05) is 0 Å². The molecule has 0 spiro atoms. The summed E-state index contributed by atoms with van der Waals surface area (Å²) >= 11 is 1.49. The molecule has 0 amide bonds. The Labute approximate surface area is 140 Å². The number of fused-ring (bicyclic) bond motifs is 3. The zero-order valence-corrected chi connectivity index (χ0v) is 14.9. The molecule has 1 aromatic rings. The minimum Gasteiger partial charge on any atom is -0.301 e. The van der Waals surface area contributed by atoms with Crippen molar-refractivity contribution in [2.24, 2.45) is 16.7 Å². The summed E-state index contributed by atoms with van der Waals surface area (Å²) in [6.07, 6.45) is 5.98. The van der Waals surface area contributed by atoms with Gasteiger partial charge < -0.3 is 4.98 Å². The molecule has 0 aliphatic heterocycles. The van der Waals surface area contributed by atoms with E-state index in [-0.39, 0.29) is 27.6 Å². The van der Waals surface area contributed by atoms with E-state index in [1.54, 1.807) is 0 Å². The average Bonchev–Trinajstić information content (AvgIpc) is 2.81. The van der Waals surface area contributed by atoms with Gasteiger partial charge >= 0.3 is 0 Å². The Balaban J connectivity index is 1.68. The second kappa shape index (κ2) is 4.95. The summed E-state index contributed by atoms with van der Waals surface area (Å²) < 4.78 is 0. The molecule has 3 atom stereocenters. The number of aromatic amines is 1. The van der Waals surface area contributed by atoms with E-state index in [2.05, 4.69) is 30.7 Å². The monoisotopic (exact) mass is 332 g/mol. The number of ketones is 1. The molecule has 1 heterocycles. The van der Waals surface area contributed by atoms with Gasteiger partial charge in [0.2, 0.25) is 0 Å². The number of aromatic nitrogens is 2. The predicted molar refractivity (Wildman–Crippen MR) is 90.8 cm³/mol. The van der Waals surface area contributed by atoms with Gasteiger partial charge in [-0.15, -0.1) is 0 Å². The molecular weight excluding hydrogens is 308 g/mol. The smallest absolute Gasteiger partial charge is 0.254 e. The van der Waals surface area contributed by atoms with Gasteiger partial charge in [-0.1, -0.05) is 32.5 Å². The molecule has 0 aromatic carbocycles. The van der Waals surface area contributed by atoms with Crippen molar-refractivity contribution in [2.75, 3.05) is 0 Å². The van der Waals surface area contributed by atoms with Crippen molar-refractivity contribution in [2.45, 2.75) is 69.7 Å². The quantitative estimate of drug-likeness (QED) is 0.845. The van der Waals surface area contributed by atoms with Gasteiger partial charge in [0, 0.05) is 11.5 Å². The van der Waals surface area contributed by atoms with Crippen LogP contribution in [-0.4, -0.2) is 21.0 Å². The van der Waals surface area contributed by atoms with Crippen LogP contribution in [0.25, 0.3) is 0 Å². The van der Waals surface area contributed by atoms with Crippen LogP contribution in [0.1, 0.15) is 57.7 Å². The second-order valence-electron chi connectivity index (χ2n) is 8.13. The van der Waals surface area contributed by atoms with E-state index in [1.165, 1.54) is 11.8 Å². The number of aryl methyl sites for hydroxylation is 1. The highest BCUT2D eigenvalue weighted by Crippen LogP contribution is 2.67. The molecule has 124 valence electrons. The number of rotatable bonds is 2. The molecule has 23 heavy (non-hydrogen) atoms. The highest BCUT2D eigenvalue weighted by molar-refractivity contribution is 8.00. The number of carbonyl (C=O) groups excluding carboxylic acids is 1. The number of Topliss-reactive ketones (excluding diaryl/α,β-unsaturated/α-hetero) is 1. The van der Waals surface area contributed by atoms with Crippen LogP contribution < -0.4 is 5.56 Å². The Morgan fingerprint density at radius 3 is 2.61 bits per heavy atom. The topological polar surface area (TPSA) is 62.8 Å². The van der Waals surface area contributed by atoms with Crippen LogP contribution in [0.2, 0.25) is 0 Å². The maximum absolute atomic E-state index is 12.8. The van der Waals surface area contributed by atoms with Gasteiger partial charge in [-0.25, -0.2) is 4.98 Å². The van der Waals surface area contributed by atoms with Crippen LogP contribution in [-0.2, 0) is 17.6 Å². The number of carbonyl (C=O) groups is 1. The zero-order valence-electron chi connectivity index (χ0n) is 14.1. The van der Waals surface area contributed by atoms with E-state index in [0.717, 1.165) is 49.8 Å². The summed E-state index contributed by atoms with van der Waals surface area (Å²) in [5.74, 6) is 0.517. The molecule has 0 radical (unpaired) electrons. The number of hydrogen-bond acceptors (Lipinski definition) is 4. The molecule has 0 unspecified atom stereocenters. The van der Waals surface area contributed by atoms with E-state index in [4.69, 9.17) is 0 Å². The number of hydrogen-bond donors (Lipinski definition) is 1. The number of H-pyrrole nitrogens is 1. The Morgan fingerprint density at radius 2 is 1.91 bits per heavy atom. The summed E-state index contributed by atoms with van der Waals surface area (Å²) in [6, 6.07) is 0. The lowest BCUT2D eigenvalue weighted by Crippen LogP contribution is -2.36. The Kier molecular flexibility index (Phi) is 3.32. The fourth-order valence-electron chi connectivity index (χ4n) is 4.92. The lowest BCUT2D eigenvalue weighted by molar-refractivity contribution is -0.122. The van der Waals surface area contributed by atoms with Gasteiger partial charge in [0.15, 0.2) is 5.16 Å². The summed E-state index contributed by atoms with van der Waals surface area (Å²) in [4.78, 5) is 32.8. The van der Waals surface area contributed by atoms with Gasteiger partial charge in [0.05, 0.1) is 10.9 Å². The zero-order chi connectivity index (χ0) is 16.4. The van der Waals surface area contributed by atoms with Crippen molar-refractivity contribution in [1.82, 2.24) is 9.97 Å². The SMILES string of the molecule is CC1(C)[C@H]2CC[C@]1(C)[C@H](Sc1nc3c(c(=O)[nH]1)CCCC3)C2=O.